The quantitative estimate of drug-likeness (QED) is 0.637. The molecule has 4 nitrogen and oxygen atoms in total. The predicted molar refractivity (Wildman–Crippen MR) is 91.6 cm³/mol. The molecule has 0 aliphatic carbocycles. The van der Waals surface area contributed by atoms with E-state index in [1.54, 1.807) is 12.1 Å². The number of benzene rings is 2. The third-order valence-electron chi connectivity index (χ3n) is 3.08. The molecule has 1 heterocycles. The Hall–Kier alpha value is -1.89. The summed E-state index contributed by atoms with van der Waals surface area (Å²) in [6.45, 7) is 1.88. The Balaban J connectivity index is 1.91. The summed E-state index contributed by atoms with van der Waals surface area (Å²) in [5, 5.41) is 0.602. The van der Waals surface area contributed by atoms with Crippen LogP contribution in [-0.2, 0) is 10.1 Å². The fraction of sp³-hybridized carbons (Fsp3) is 0.0625. The SMILES string of the molecule is Cc1ccc(S(=O)(=O)Oc2nc(-c3ccccc3)sc2Cl)cc1. The first-order valence-electron chi connectivity index (χ1n) is 6.68. The molecule has 0 spiro atoms. The van der Waals surface area contributed by atoms with E-state index in [0.29, 0.717) is 5.01 Å². The lowest BCUT2D eigenvalue weighted by molar-refractivity contribution is 0.478. The summed E-state index contributed by atoms with van der Waals surface area (Å²) >= 11 is 7.25. The van der Waals surface area contributed by atoms with Crippen LogP contribution in [0.3, 0.4) is 0 Å². The van der Waals surface area contributed by atoms with Gasteiger partial charge in [-0.15, -0.1) is 0 Å². The average molecular weight is 366 g/mol. The van der Waals surface area contributed by atoms with Gasteiger partial charge in [0.2, 0.25) is 0 Å². The van der Waals surface area contributed by atoms with Gasteiger partial charge in [-0.25, -0.2) is 0 Å². The molecule has 23 heavy (non-hydrogen) atoms. The van der Waals surface area contributed by atoms with Crippen LogP contribution < -0.4 is 4.18 Å². The molecule has 0 unspecified atom stereocenters. The van der Waals surface area contributed by atoms with Gasteiger partial charge in [-0.1, -0.05) is 71.0 Å². The maximum Gasteiger partial charge on any atom is 0.340 e. The first kappa shape index (κ1) is 16.0. The van der Waals surface area contributed by atoms with Gasteiger partial charge in [0.05, 0.1) is 0 Å². The van der Waals surface area contributed by atoms with Crippen molar-refractivity contribution in [3.05, 3.63) is 64.5 Å². The molecule has 3 rings (SSSR count). The summed E-state index contributed by atoms with van der Waals surface area (Å²) in [7, 11) is -3.96. The monoisotopic (exact) mass is 365 g/mol. The van der Waals surface area contributed by atoms with Crippen LogP contribution in [0.2, 0.25) is 4.34 Å². The number of aromatic nitrogens is 1. The second-order valence-electron chi connectivity index (χ2n) is 4.81. The molecule has 0 radical (unpaired) electrons. The Morgan fingerprint density at radius 3 is 2.35 bits per heavy atom. The molecule has 0 aliphatic heterocycles. The lowest BCUT2D eigenvalue weighted by atomic mass is 10.2. The van der Waals surface area contributed by atoms with Gasteiger partial charge < -0.3 is 4.18 Å². The van der Waals surface area contributed by atoms with Crippen LogP contribution in [-0.4, -0.2) is 13.4 Å². The predicted octanol–water partition coefficient (Wildman–Crippen LogP) is 4.54. The molecule has 0 bridgehead atoms. The Morgan fingerprint density at radius 1 is 1.04 bits per heavy atom. The van der Waals surface area contributed by atoms with E-state index in [4.69, 9.17) is 15.8 Å². The van der Waals surface area contributed by atoms with E-state index in [0.717, 1.165) is 11.1 Å². The number of halogens is 1. The van der Waals surface area contributed by atoms with E-state index in [1.165, 1.54) is 23.5 Å². The molecule has 7 heteroatoms. The van der Waals surface area contributed by atoms with Gasteiger partial charge in [-0.05, 0) is 19.1 Å². The minimum Gasteiger partial charge on any atom is -0.356 e. The van der Waals surface area contributed by atoms with Crippen molar-refractivity contribution in [2.75, 3.05) is 0 Å². The van der Waals surface area contributed by atoms with E-state index in [-0.39, 0.29) is 15.1 Å². The van der Waals surface area contributed by atoms with Crippen LogP contribution in [0.25, 0.3) is 10.6 Å². The van der Waals surface area contributed by atoms with Crippen LogP contribution in [0.15, 0.2) is 59.5 Å². The van der Waals surface area contributed by atoms with Crippen LogP contribution >= 0.6 is 22.9 Å². The van der Waals surface area contributed by atoms with Crippen molar-refractivity contribution in [3.8, 4) is 16.5 Å². The minimum atomic E-state index is -3.96. The van der Waals surface area contributed by atoms with Crippen LogP contribution in [0, 0.1) is 6.92 Å². The summed E-state index contributed by atoms with van der Waals surface area (Å²) in [6, 6.07) is 15.7. The zero-order valence-corrected chi connectivity index (χ0v) is 14.5. The highest BCUT2D eigenvalue weighted by Crippen LogP contribution is 2.37. The standard InChI is InChI=1S/C16H12ClNO3S2/c1-11-7-9-13(10-8-11)23(19,20)21-15-14(17)22-16(18-15)12-5-3-2-4-6-12/h2-10H,1H3. The third-order valence-corrected chi connectivity index (χ3v) is 5.57. The summed E-state index contributed by atoms with van der Waals surface area (Å²) in [5.74, 6) is -0.101. The number of aryl methyl sites for hydroxylation is 1. The van der Waals surface area contributed by atoms with Crippen molar-refractivity contribution in [2.45, 2.75) is 11.8 Å². The maximum absolute atomic E-state index is 12.3. The molecule has 0 N–H and O–H groups in total. The number of nitrogens with zero attached hydrogens (tertiary/aromatic N) is 1. The highest BCUT2D eigenvalue weighted by Gasteiger charge is 2.21. The van der Waals surface area contributed by atoms with Gasteiger partial charge >= 0.3 is 10.1 Å². The van der Waals surface area contributed by atoms with Crippen LogP contribution in [0.4, 0.5) is 0 Å². The molecule has 0 aliphatic rings. The minimum absolute atomic E-state index is 0.0634. The summed E-state index contributed by atoms with van der Waals surface area (Å²) in [6.07, 6.45) is 0. The van der Waals surface area contributed by atoms with Gasteiger partial charge in [-0.2, -0.15) is 13.4 Å². The highest BCUT2D eigenvalue weighted by atomic mass is 35.5. The first-order chi connectivity index (χ1) is 11.0. The fourth-order valence-electron chi connectivity index (χ4n) is 1.90. The second-order valence-corrected chi connectivity index (χ2v) is 7.96. The maximum atomic E-state index is 12.3. The zero-order valence-electron chi connectivity index (χ0n) is 12.1. The molecule has 0 fully saturated rings. The van der Waals surface area contributed by atoms with Gasteiger partial charge in [-0.3, -0.25) is 0 Å². The lowest BCUT2D eigenvalue weighted by Crippen LogP contribution is -2.10. The Kier molecular flexibility index (Phi) is 4.39. The number of rotatable bonds is 4. The van der Waals surface area contributed by atoms with Crippen molar-refractivity contribution in [3.63, 3.8) is 0 Å². The van der Waals surface area contributed by atoms with Crippen molar-refractivity contribution < 1.29 is 12.6 Å². The zero-order chi connectivity index (χ0) is 16.4. The van der Waals surface area contributed by atoms with Crippen molar-refractivity contribution in [1.29, 1.82) is 0 Å². The van der Waals surface area contributed by atoms with Crippen molar-refractivity contribution >= 4 is 33.1 Å². The fourth-order valence-corrected chi connectivity index (χ4v) is 3.92. The summed E-state index contributed by atoms with van der Waals surface area (Å²) < 4.78 is 29.9. The first-order valence-corrected chi connectivity index (χ1v) is 9.29. The second kappa shape index (κ2) is 6.31. The van der Waals surface area contributed by atoms with E-state index >= 15 is 0 Å². The van der Waals surface area contributed by atoms with E-state index in [2.05, 4.69) is 4.98 Å². The largest absolute Gasteiger partial charge is 0.356 e. The summed E-state index contributed by atoms with van der Waals surface area (Å²) in [5.41, 5.74) is 1.81. The van der Waals surface area contributed by atoms with Gasteiger partial charge in [0.15, 0.2) is 4.34 Å². The molecular weight excluding hydrogens is 354 g/mol. The average Bonchev–Trinajstić information content (AvgIpc) is 2.89. The number of hydrogen-bond donors (Lipinski definition) is 0. The van der Waals surface area contributed by atoms with Gasteiger partial charge in [0.25, 0.3) is 5.88 Å². The van der Waals surface area contributed by atoms with E-state index in [1.807, 2.05) is 37.3 Å². The molecule has 0 amide bonds. The number of hydrogen-bond acceptors (Lipinski definition) is 5. The van der Waals surface area contributed by atoms with Gasteiger partial charge in [0, 0.05) is 5.56 Å². The molecule has 0 atom stereocenters. The van der Waals surface area contributed by atoms with Crippen molar-refractivity contribution in [1.82, 2.24) is 4.98 Å². The topological polar surface area (TPSA) is 56.3 Å². The Morgan fingerprint density at radius 2 is 1.70 bits per heavy atom. The third kappa shape index (κ3) is 3.55. The Labute approximate surface area is 143 Å². The molecule has 2 aromatic carbocycles. The lowest BCUT2D eigenvalue weighted by Gasteiger charge is -2.05. The normalized spacial score (nSPS) is 11.4. The van der Waals surface area contributed by atoms with Crippen molar-refractivity contribution in [2.24, 2.45) is 0 Å². The number of thiazole rings is 1. The highest BCUT2D eigenvalue weighted by molar-refractivity contribution is 7.87. The molecule has 1 aromatic heterocycles. The molecule has 0 saturated heterocycles. The molecule has 0 saturated carbocycles. The molecule has 3 aromatic rings. The van der Waals surface area contributed by atoms with E-state index < -0.39 is 10.1 Å². The van der Waals surface area contributed by atoms with Crippen LogP contribution in [0.1, 0.15) is 5.56 Å². The molecular formula is C16H12ClNO3S2. The summed E-state index contributed by atoms with van der Waals surface area (Å²) in [4.78, 5) is 4.26. The van der Waals surface area contributed by atoms with Crippen LogP contribution in [0.5, 0.6) is 5.88 Å². The van der Waals surface area contributed by atoms with Gasteiger partial charge in [0.1, 0.15) is 9.90 Å². The smallest absolute Gasteiger partial charge is 0.340 e. The molecule has 118 valence electrons. The Bertz CT molecular complexity index is 920. The van der Waals surface area contributed by atoms with E-state index in [9.17, 15) is 8.42 Å².